The Morgan fingerprint density at radius 2 is 1.24 bits per heavy atom. The minimum atomic E-state index is -0.0666. The molecule has 0 amide bonds. The van der Waals surface area contributed by atoms with Gasteiger partial charge < -0.3 is 18.9 Å². The number of rotatable bonds is 4. The van der Waals surface area contributed by atoms with Crippen LogP contribution in [0.1, 0.15) is 44.9 Å². The van der Waals surface area contributed by atoms with Crippen molar-refractivity contribution in [3.63, 3.8) is 0 Å². The first kappa shape index (κ1) is 16.3. The Kier molecular flexibility index (Phi) is 8.29. The van der Waals surface area contributed by atoms with Gasteiger partial charge in [0, 0.05) is 13.2 Å². The zero-order valence-corrected chi connectivity index (χ0v) is 12.6. The molecule has 2 heterocycles. The summed E-state index contributed by atoms with van der Waals surface area (Å²) in [7, 11) is 0. The third-order valence-electron chi connectivity index (χ3n) is 3.39. The fraction of sp³-hybridized carbons (Fsp3) is 0.765. The molecule has 0 radical (unpaired) electrons. The normalized spacial score (nSPS) is 25.3. The highest BCUT2D eigenvalue weighted by Crippen LogP contribution is 2.13. The molecule has 2 aliphatic heterocycles. The Bertz CT molecular complexity index is 348. The lowest BCUT2D eigenvalue weighted by Gasteiger charge is -2.21. The first-order valence-corrected chi connectivity index (χ1v) is 7.83. The van der Waals surface area contributed by atoms with Crippen LogP contribution in [0.5, 0.6) is 0 Å². The van der Waals surface area contributed by atoms with Crippen LogP contribution >= 0.6 is 0 Å². The summed E-state index contributed by atoms with van der Waals surface area (Å²) < 4.78 is 21.9. The van der Waals surface area contributed by atoms with Gasteiger partial charge in [-0.2, -0.15) is 0 Å². The van der Waals surface area contributed by atoms with Gasteiger partial charge in [-0.05, 0) is 38.5 Å². The summed E-state index contributed by atoms with van der Waals surface area (Å²) in [5, 5.41) is 0. The molecule has 0 aromatic carbocycles. The van der Waals surface area contributed by atoms with E-state index >= 15 is 0 Å². The summed E-state index contributed by atoms with van der Waals surface area (Å²) >= 11 is 0. The Morgan fingerprint density at radius 1 is 0.714 bits per heavy atom. The quantitative estimate of drug-likeness (QED) is 0.746. The predicted octanol–water partition coefficient (Wildman–Crippen LogP) is 2.47. The van der Waals surface area contributed by atoms with Crippen molar-refractivity contribution in [3.05, 3.63) is 0 Å². The molecule has 0 bridgehead atoms. The van der Waals surface area contributed by atoms with Gasteiger partial charge in [0.05, 0.1) is 6.42 Å². The van der Waals surface area contributed by atoms with Gasteiger partial charge in [-0.1, -0.05) is 23.7 Å². The molecule has 2 aliphatic rings. The Hall–Kier alpha value is -1.04. The first-order valence-electron chi connectivity index (χ1n) is 7.83. The maximum Gasteiger partial charge on any atom is 0.158 e. The highest BCUT2D eigenvalue weighted by Gasteiger charge is 2.13. The molecule has 2 rings (SSSR count). The third-order valence-corrected chi connectivity index (χ3v) is 3.39. The highest BCUT2D eigenvalue weighted by molar-refractivity contribution is 5.11. The summed E-state index contributed by atoms with van der Waals surface area (Å²) in [6.07, 6.45) is 6.98. The molecule has 2 atom stereocenters. The monoisotopic (exact) mass is 292 g/mol. The molecular weight excluding hydrogens is 268 g/mol. The van der Waals surface area contributed by atoms with Crippen LogP contribution < -0.4 is 0 Å². The van der Waals surface area contributed by atoms with Gasteiger partial charge in [0.2, 0.25) is 0 Å². The maximum absolute atomic E-state index is 5.50. The van der Waals surface area contributed by atoms with Gasteiger partial charge in [0.15, 0.2) is 12.6 Å². The second-order valence-electron chi connectivity index (χ2n) is 5.10. The van der Waals surface area contributed by atoms with Crippen LogP contribution in [0, 0.1) is 23.7 Å². The zero-order valence-electron chi connectivity index (χ0n) is 12.6. The van der Waals surface area contributed by atoms with Crippen molar-refractivity contribution in [3.8, 4) is 23.7 Å². The fourth-order valence-corrected chi connectivity index (χ4v) is 2.23. The first-order chi connectivity index (χ1) is 10.4. The molecular formula is C17H24O4. The van der Waals surface area contributed by atoms with Crippen LogP contribution in [-0.2, 0) is 18.9 Å². The van der Waals surface area contributed by atoms with Gasteiger partial charge in [-0.25, -0.2) is 0 Å². The van der Waals surface area contributed by atoms with Gasteiger partial charge in [0.1, 0.15) is 13.2 Å². The summed E-state index contributed by atoms with van der Waals surface area (Å²) in [4.78, 5) is 0. The number of ether oxygens (including phenoxy) is 4. The smallest absolute Gasteiger partial charge is 0.158 e. The van der Waals surface area contributed by atoms with E-state index in [1.165, 1.54) is 12.8 Å². The minimum absolute atomic E-state index is 0.0666. The molecule has 0 spiro atoms. The van der Waals surface area contributed by atoms with Crippen molar-refractivity contribution in [1.82, 2.24) is 0 Å². The molecule has 0 saturated carbocycles. The lowest BCUT2D eigenvalue weighted by Crippen LogP contribution is -2.22. The van der Waals surface area contributed by atoms with Crippen LogP contribution in [0.2, 0.25) is 0 Å². The minimum Gasteiger partial charge on any atom is -0.353 e. The summed E-state index contributed by atoms with van der Waals surface area (Å²) in [5.74, 6) is 11.9. The largest absolute Gasteiger partial charge is 0.353 e. The van der Waals surface area contributed by atoms with Crippen molar-refractivity contribution in [2.24, 2.45) is 0 Å². The van der Waals surface area contributed by atoms with E-state index in [0.29, 0.717) is 19.6 Å². The van der Waals surface area contributed by atoms with E-state index in [0.717, 1.165) is 38.9 Å². The predicted molar refractivity (Wildman–Crippen MR) is 79.3 cm³/mol. The maximum atomic E-state index is 5.50. The second kappa shape index (κ2) is 10.7. The van der Waals surface area contributed by atoms with E-state index in [9.17, 15) is 0 Å². The van der Waals surface area contributed by atoms with Crippen LogP contribution in [-0.4, -0.2) is 39.0 Å². The van der Waals surface area contributed by atoms with E-state index in [2.05, 4.69) is 23.7 Å². The van der Waals surface area contributed by atoms with Crippen molar-refractivity contribution in [1.29, 1.82) is 0 Å². The fourth-order valence-electron chi connectivity index (χ4n) is 2.23. The highest BCUT2D eigenvalue weighted by atomic mass is 16.7. The molecule has 2 fully saturated rings. The van der Waals surface area contributed by atoms with Crippen molar-refractivity contribution in [2.75, 3.05) is 26.4 Å². The van der Waals surface area contributed by atoms with E-state index in [4.69, 9.17) is 18.9 Å². The van der Waals surface area contributed by atoms with Gasteiger partial charge in [-0.15, -0.1) is 0 Å². The Labute approximate surface area is 127 Å². The van der Waals surface area contributed by atoms with Crippen molar-refractivity contribution < 1.29 is 18.9 Å². The molecule has 2 unspecified atom stereocenters. The van der Waals surface area contributed by atoms with Crippen LogP contribution in [0.4, 0.5) is 0 Å². The SMILES string of the molecule is C(#CCOC1CCCCO1)CC#CCOC1CCCCO1. The van der Waals surface area contributed by atoms with Crippen LogP contribution in [0.3, 0.4) is 0 Å². The lowest BCUT2D eigenvalue weighted by atomic mass is 10.2. The molecule has 2 saturated heterocycles. The lowest BCUT2D eigenvalue weighted by molar-refractivity contribution is -0.154. The van der Waals surface area contributed by atoms with E-state index in [1.54, 1.807) is 0 Å². The topological polar surface area (TPSA) is 36.9 Å². The van der Waals surface area contributed by atoms with Gasteiger partial charge in [0.25, 0.3) is 0 Å². The van der Waals surface area contributed by atoms with Crippen molar-refractivity contribution in [2.45, 2.75) is 57.5 Å². The van der Waals surface area contributed by atoms with Crippen LogP contribution in [0.25, 0.3) is 0 Å². The summed E-state index contributed by atoms with van der Waals surface area (Å²) in [6, 6.07) is 0. The average Bonchev–Trinajstić information content (AvgIpc) is 2.55. The van der Waals surface area contributed by atoms with Gasteiger partial charge in [-0.3, -0.25) is 0 Å². The van der Waals surface area contributed by atoms with E-state index in [-0.39, 0.29) is 12.6 Å². The molecule has 21 heavy (non-hydrogen) atoms. The molecule has 116 valence electrons. The molecule has 0 aromatic heterocycles. The molecule has 0 aromatic rings. The van der Waals surface area contributed by atoms with E-state index in [1.807, 2.05) is 0 Å². The molecule has 0 aliphatic carbocycles. The average molecular weight is 292 g/mol. The Balaban J connectivity index is 1.47. The van der Waals surface area contributed by atoms with Crippen molar-refractivity contribution >= 4 is 0 Å². The molecule has 4 heteroatoms. The third kappa shape index (κ3) is 7.50. The zero-order chi connectivity index (χ0) is 14.6. The molecule has 0 N–H and O–H groups in total. The number of hydrogen-bond acceptors (Lipinski definition) is 4. The summed E-state index contributed by atoms with van der Waals surface area (Å²) in [6.45, 7) is 2.43. The molecule has 4 nitrogen and oxygen atoms in total. The number of hydrogen-bond donors (Lipinski definition) is 0. The van der Waals surface area contributed by atoms with Crippen LogP contribution in [0.15, 0.2) is 0 Å². The van der Waals surface area contributed by atoms with E-state index < -0.39 is 0 Å². The summed E-state index contributed by atoms with van der Waals surface area (Å²) in [5.41, 5.74) is 0. The second-order valence-corrected chi connectivity index (χ2v) is 5.10. The Morgan fingerprint density at radius 3 is 1.67 bits per heavy atom. The van der Waals surface area contributed by atoms with Gasteiger partial charge >= 0.3 is 0 Å². The standard InChI is InChI=1S/C17H24O4/c1(2-6-12-18-16-10-4-8-14-20-16)3-7-13-19-17-11-5-9-15-21-17/h16-17H,1,4-5,8-15H2.